The van der Waals surface area contributed by atoms with E-state index < -0.39 is 0 Å². The van der Waals surface area contributed by atoms with Gasteiger partial charge in [-0.1, -0.05) is 11.2 Å². The van der Waals surface area contributed by atoms with Gasteiger partial charge in [-0.15, -0.1) is 11.3 Å². The first kappa shape index (κ1) is 14.7. The van der Waals surface area contributed by atoms with Crippen molar-refractivity contribution in [1.82, 2.24) is 15.0 Å². The van der Waals surface area contributed by atoms with E-state index in [-0.39, 0.29) is 12.1 Å². The van der Waals surface area contributed by atoms with Crippen LogP contribution in [0.15, 0.2) is 22.0 Å². The maximum absolute atomic E-state index is 9.64. The van der Waals surface area contributed by atoms with Crippen molar-refractivity contribution in [2.45, 2.75) is 51.3 Å². The SMILES string of the molecule is CC(O)CC1CCCN1C(C)c1nc(-c2cccs2)no1. The van der Waals surface area contributed by atoms with Gasteiger partial charge >= 0.3 is 0 Å². The first-order valence-electron chi connectivity index (χ1n) is 7.46. The fourth-order valence-corrected chi connectivity index (χ4v) is 3.72. The van der Waals surface area contributed by atoms with Gasteiger partial charge in [-0.25, -0.2) is 0 Å². The highest BCUT2D eigenvalue weighted by molar-refractivity contribution is 7.13. The molecule has 3 heterocycles. The molecule has 1 fully saturated rings. The van der Waals surface area contributed by atoms with Crippen LogP contribution in [0.1, 0.15) is 45.0 Å². The van der Waals surface area contributed by atoms with Gasteiger partial charge in [0.25, 0.3) is 0 Å². The highest BCUT2D eigenvalue weighted by atomic mass is 32.1. The topological polar surface area (TPSA) is 62.4 Å². The van der Waals surface area contributed by atoms with Crippen LogP contribution in [-0.2, 0) is 0 Å². The van der Waals surface area contributed by atoms with Gasteiger partial charge in [-0.2, -0.15) is 4.98 Å². The predicted octanol–water partition coefficient (Wildman–Crippen LogP) is 3.09. The monoisotopic (exact) mass is 307 g/mol. The van der Waals surface area contributed by atoms with Crippen molar-refractivity contribution in [1.29, 1.82) is 0 Å². The Balaban J connectivity index is 1.74. The summed E-state index contributed by atoms with van der Waals surface area (Å²) in [6.45, 7) is 4.98. The summed E-state index contributed by atoms with van der Waals surface area (Å²) in [6, 6.07) is 4.48. The van der Waals surface area contributed by atoms with E-state index in [1.165, 1.54) is 0 Å². The normalized spacial score (nSPS) is 22.5. The Morgan fingerprint density at radius 3 is 3.10 bits per heavy atom. The molecule has 1 saturated heterocycles. The standard InChI is InChI=1S/C15H21N3O2S/c1-10(19)9-12-5-3-7-18(12)11(2)15-16-14(17-20-15)13-6-4-8-21-13/h4,6,8,10-12,19H,3,5,7,9H2,1-2H3. The van der Waals surface area contributed by atoms with Crippen LogP contribution < -0.4 is 0 Å². The van der Waals surface area contributed by atoms with Crippen molar-refractivity contribution in [3.63, 3.8) is 0 Å². The Bertz CT molecular complexity index is 567. The lowest BCUT2D eigenvalue weighted by molar-refractivity contribution is 0.102. The highest BCUT2D eigenvalue weighted by Gasteiger charge is 2.32. The van der Waals surface area contributed by atoms with Crippen LogP contribution in [0.5, 0.6) is 0 Å². The third-order valence-electron chi connectivity index (χ3n) is 4.07. The Hall–Kier alpha value is -1.24. The predicted molar refractivity (Wildman–Crippen MR) is 82.1 cm³/mol. The van der Waals surface area contributed by atoms with Crippen LogP contribution in [0.4, 0.5) is 0 Å². The van der Waals surface area contributed by atoms with E-state index in [2.05, 4.69) is 22.0 Å². The first-order chi connectivity index (χ1) is 10.1. The zero-order valence-electron chi connectivity index (χ0n) is 12.4. The largest absolute Gasteiger partial charge is 0.393 e. The average Bonchev–Trinajstić information content (AvgIpc) is 3.18. The zero-order chi connectivity index (χ0) is 14.8. The molecule has 1 aliphatic heterocycles. The van der Waals surface area contributed by atoms with Crippen molar-refractivity contribution >= 4 is 11.3 Å². The van der Waals surface area contributed by atoms with E-state index >= 15 is 0 Å². The lowest BCUT2D eigenvalue weighted by Crippen LogP contribution is -2.34. The number of nitrogens with zero attached hydrogens (tertiary/aromatic N) is 3. The summed E-state index contributed by atoms with van der Waals surface area (Å²) in [4.78, 5) is 7.94. The third kappa shape index (κ3) is 3.17. The van der Waals surface area contributed by atoms with Crippen LogP contribution in [0.3, 0.4) is 0 Å². The van der Waals surface area contributed by atoms with Gasteiger partial charge in [0, 0.05) is 6.04 Å². The lowest BCUT2D eigenvalue weighted by Gasteiger charge is -2.29. The molecule has 0 amide bonds. The van der Waals surface area contributed by atoms with E-state index in [1.54, 1.807) is 11.3 Å². The molecule has 0 aliphatic carbocycles. The fourth-order valence-electron chi connectivity index (χ4n) is 3.07. The Kier molecular flexibility index (Phi) is 4.37. The van der Waals surface area contributed by atoms with Crippen LogP contribution in [0, 0.1) is 0 Å². The maximum Gasteiger partial charge on any atom is 0.244 e. The molecule has 3 atom stereocenters. The van der Waals surface area contributed by atoms with Gasteiger partial charge in [0.2, 0.25) is 11.7 Å². The molecule has 1 aliphatic rings. The van der Waals surface area contributed by atoms with E-state index in [9.17, 15) is 5.11 Å². The van der Waals surface area contributed by atoms with Gasteiger partial charge in [-0.3, -0.25) is 4.90 Å². The molecule has 0 aromatic carbocycles. The highest BCUT2D eigenvalue weighted by Crippen LogP contribution is 2.32. The summed E-state index contributed by atoms with van der Waals surface area (Å²) in [5.41, 5.74) is 0. The van der Waals surface area contributed by atoms with Crippen molar-refractivity contribution in [3.05, 3.63) is 23.4 Å². The molecule has 2 aromatic rings. The number of hydrogen-bond donors (Lipinski definition) is 1. The maximum atomic E-state index is 9.64. The van der Waals surface area contributed by atoms with Crippen molar-refractivity contribution < 1.29 is 9.63 Å². The summed E-state index contributed by atoms with van der Waals surface area (Å²) in [7, 11) is 0. The van der Waals surface area contributed by atoms with E-state index in [0.717, 1.165) is 30.7 Å². The molecule has 2 aromatic heterocycles. The summed E-state index contributed by atoms with van der Waals surface area (Å²) in [5.74, 6) is 1.33. The number of likely N-dealkylation sites (tertiary alicyclic amines) is 1. The Morgan fingerprint density at radius 2 is 2.38 bits per heavy atom. The molecule has 3 rings (SSSR count). The molecule has 0 bridgehead atoms. The van der Waals surface area contributed by atoms with Crippen molar-refractivity contribution in [3.8, 4) is 10.7 Å². The minimum atomic E-state index is -0.271. The summed E-state index contributed by atoms with van der Waals surface area (Å²) >= 11 is 1.61. The van der Waals surface area contributed by atoms with Crippen LogP contribution in [-0.4, -0.2) is 38.8 Å². The number of rotatable bonds is 5. The van der Waals surface area contributed by atoms with Gasteiger partial charge in [0.05, 0.1) is 17.0 Å². The first-order valence-corrected chi connectivity index (χ1v) is 8.34. The molecule has 3 unspecified atom stereocenters. The van der Waals surface area contributed by atoms with Gasteiger partial charge in [0.15, 0.2) is 0 Å². The summed E-state index contributed by atoms with van der Waals surface area (Å²) in [6.07, 6.45) is 2.82. The second-order valence-electron chi connectivity index (χ2n) is 5.73. The molecule has 5 nitrogen and oxygen atoms in total. The second-order valence-corrected chi connectivity index (χ2v) is 6.68. The summed E-state index contributed by atoms with van der Waals surface area (Å²) < 4.78 is 5.46. The lowest BCUT2D eigenvalue weighted by atomic mass is 10.1. The Morgan fingerprint density at radius 1 is 1.52 bits per heavy atom. The van der Waals surface area contributed by atoms with E-state index in [1.807, 2.05) is 24.4 Å². The van der Waals surface area contributed by atoms with Crippen LogP contribution in [0.2, 0.25) is 0 Å². The van der Waals surface area contributed by atoms with Crippen molar-refractivity contribution in [2.75, 3.05) is 6.54 Å². The molecule has 0 radical (unpaired) electrons. The number of aliphatic hydroxyl groups is 1. The van der Waals surface area contributed by atoms with E-state index in [0.29, 0.717) is 17.8 Å². The van der Waals surface area contributed by atoms with Crippen LogP contribution in [0.25, 0.3) is 10.7 Å². The Labute approximate surface area is 128 Å². The molecular formula is C15H21N3O2S. The molecular weight excluding hydrogens is 286 g/mol. The number of hydrogen-bond acceptors (Lipinski definition) is 6. The molecule has 0 spiro atoms. The number of aromatic nitrogens is 2. The van der Waals surface area contributed by atoms with Crippen molar-refractivity contribution in [2.24, 2.45) is 0 Å². The minimum Gasteiger partial charge on any atom is -0.393 e. The molecule has 6 heteroatoms. The molecule has 1 N–H and O–H groups in total. The summed E-state index contributed by atoms with van der Waals surface area (Å²) in [5, 5.41) is 15.7. The molecule has 0 saturated carbocycles. The van der Waals surface area contributed by atoms with E-state index in [4.69, 9.17) is 4.52 Å². The second kappa shape index (κ2) is 6.25. The average molecular weight is 307 g/mol. The number of aliphatic hydroxyl groups excluding tert-OH is 1. The quantitative estimate of drug-likeness (QED) is 0.919. The van der Waals surface area contributed by atoms with Gasteiger partial charge < -0.3 is 9.63 Å². The minimum absolute atomic E-state index is 0.0949. The molecule has 21 heavy (non-hydrogen) atoms. The number of thiophene rings is 1. The van der Waals surface area contributed by atoms with Gasteiger partial charge in [0.1, 0.15) is 0 Å². The molecule has 114 valence electrons. The zero-order valence-corrected chi connectivity index (χ0v) is 13.2. The van der Waals surface area contributed by atoms with Gasteiger partial charge in [-0.05, 0) is 51.1 Å². The van der Waals surface area contributed by atoms with Crippen LogP contribution >= 0.6 is 11.3 Å². The third-order valence-corrected chi connectivity index (χ3v) is 4.94. The fraction of sp³-hybridized carbons (Fsp3) is 0.600. The smallest absolute Gasteiger partial charge is 0.244 e.